The molecule has 1 amide bonds. The van der Waals surface area contributed by atoms with E-state index in [-0.39, 0.29) is 30.2 Å². The molecule has 58 heavy (non-hydrogen) atoms. The highest BCUT2D eigenvalue weighted by atomic mass is 16.5. The number of phenols is 2. The van der Waals surface area contributed by atoms with E-state index in [4.69, 9.17) is 25.4 Å². The molecule has 2 fully saturated rings. The number of nitrogens with two attached hydrogens (primary N) is 1. The Morgan fingerprint density at radius 3 is 1.79 bits per heavy atom. The lowest BCUT2D eigenvalue weighted by Crippen LogP contribution is -2.37. The van der Waals surface area contributed by atoms with Gasteiger partial charge in [-0.15, -0.1) is 0 Å². The zero-order valence-electron chi connectivity index (χ0n) is 32.4. The number of aryl methyl sites for hydroxylation is 2. The van der Waals surface area contributed by atoms with E-state index in [0.29, 0.717) is 29.3 Å². The molecule has 7 aromatic rings. The van der Waals surface area contributed by atoms with Crippen LogP contribution >= 0.6 is 0 Å². The van der Waals surface area contributed by atoms with Crippen LogP contribution in [0.2, 0.25) is 0 Å². The van der Waals surface area contributed by atoms with Crippen molar-refractivity contribution in [1.29, 1.82) is 0 Å². The number of anilines is 2. The van der Waals surface area contributed by atoms with Crippen LogP contribution in [0.4, 0.5) is 16.4 Å². The first-order valence-electron chi connectivity index (χ1n) is 19.4. The van der Waals surface area contributed by atoms with Crippen LogP contribution in [0, 0.1) is 13.8 Å². The predicted octanol–water partition coefficient (Wildman–Crippen LogP) is 7.06. The number of ether oxygens (including phenoxy) is 1. The van der Waals surface area contributed by atoms with Crippen molar-refractivity contribution in [1.82, 2.24) is 30.2 Å². The van der Waals surface area contributed by atoms with E-state index >= 15 is 0 Å². The van der Waals surface area contributed by atoms with Crippen LogP contribution in [0.25, 0.3) is 44.6 Å². The van der Waals surface area contributed by atoms with Gasteiger partial charge in [-0.05, 0) is 104 Å². The van der Waals surface area contributed by atoms with Gasteiger partial charge in [0.25, 0.3) is 0 Å². The molecule has 13 heteroatoms. The first kappa shape index (κ1) is 38.0. The van der Waals surface area contributed by atoms with Gasteiger partial charge in [-0.25, -0.2) is 24.7 Å². The lowest BCUT2D eigenvalue weighted by molar-refractivity contribution is 0.136. The molecule has 5 N–H and O–H groups in total. The molecule has 294 valence electrons. The molecular formula is C45H45N9O4. The Hall–Kier alpha value is -6.86. The molecular weight excluding hydrogens is 731 g/mol. The Kier molecular flexibility index (Phi) is 11.0. The van der Waals surface area contributed by atoms with Crippen molar-refractivity contribution < 1.29 is 19.7 Å². The number of hydrogen-bond acceptors (Lipinski definition) is 12. The second kappa shape index (κ2) is 16.7. The average Bonchev–Trinajstić information content (AvgIpc) is 3.89. The minimum atomic E-state index is -0.443. The lowest BCUT2D eigenvalue weighted by atomic mass is 10.1. The standard InChI is InChI=1S/C26H25N5O3.C19H20N4O/c1-17-6-7-20-22(14-17)29-24(21-4-2-3-5-23(21)32)30-25(20)31-13-10-19(15-31)28-26(33)34-16-18-8-11-27-12-9-18;1-12-6-7-14-16(10-12)21-18(15-4-2-3-5-17(15)24)22-19(14)23-9-8-13(20)11-23/h2-9,11-12,14,19,32H,10,13,15-16H2,1H3,(H,28,33);2-7,10,13,24H,8-9,11,20H2,1H3/t19-;13-/m11/s1. The van der Waals surface area contributed by atoms with Crippen LogP contribution in [0.3, 0.4) is 0 Å². The van der Waals surface area contributed by atoms with Crippen LogP contribution in [0.5, 0.6) is 11.5 Å². The van der Waals surface area contributed by atoms with Gasteiger partial charge >= 0.3 is 6.09 Å². The second-order valence-electron chi connectivity index (χ2n) is 14.8. The zero-order chi connectivity index (χ0) is 40.2. The number of hydrogen-bond donors (Lipinski definition) is 4. The molecule has 2 saturated heterocycles. The third-order valence-corrected chi connectivity index (χ3v) is 10.4. The first-order chi connectivity index (χ1) is 28.2. The van der Waals surface area contributed by atoms with Gasteiger partial charge in [0.15, 0.2) is 11.6 Å². The molecule has 9 rings (SSSR count). The van der Waals surface area contributed by atoms with E-state index in [9.17, 15) is 15.0 Å². The molecule has 0 saturated carbocycles. The summed E-state index contributed by atoms with van der Waals surface area (Å²) >= 11 is 0. The fraction of sp³-hybridized carbons (Fsp3) is 0.244. The van der Waals surface area contributed by atoms with Gasteiger partial charge in [0.1, 0.15) is 29.7 Å². The van der Waals surface area contributed by atoms with E-state index < -0.39 is 6.09 Å². The normalized spacial score (nSPS) is 16.3. The highest BCUT2D eigenvalue weighted by molar-refractivity contribution is 5.93. The molecule has 4 aromatic carbocycles. The summed E-state index contributed by atoms with van der Waals surface area (Å²) in [5, 5.41) is 25.5. The minimum Gasteiger partial charge on any atom is -0.507 e. The Morgan fingerprint density at radius 1 is 0.724 bits per heavy atom. The molecule has 2 atom stereocenters. The summed E-state index contributed by atoms with van der Waals surface area (Å²) in [6, 6.07) is 30.3. The van der Waals surface area contributed by atoms with Crippen molar-refractivity contribution in [2.75, 3.05) is 36.0 Å². The number of fused-ring (bicyclic) bond motifs is 2. The van der Waals surface area contributed by atoms with Crippen LogP contribution in [0.1, 0.15) is 29.5 Å². The Labute approximate surface area is 336 Å². The topological polar surface area (TPSA) is 176 Å². The van der Waals surface area contributed by atoms with Crippen molar-refractivity contribution in [3.8, 4) is 34.3 Å². The Bertz CT molecular complexity index is 2590. The molecule has 0 spiro atoms. The third kappa shape index (κ3) is 8.44. The molecule has 0 radical (unpaired) electrons. The quantitative estimate of drug-likeness (QED) is 0.130. The molecule has 13 nitrogen and oxygen atoms in total. The highest BCUT2D eigenvalue weighted by Gasteiger charge is 2.28. The fourth-order valence-corrected chi connectivity index (χ4v) is 7.38. The summed E-state index contributed by atoms with van der Waals surface area (Å²) in [6.07, 6.45) is 4.63. The summed E-state index contributed by atoms with van der Waals surface area (Å²) in [5.41, 5.74) is 12.1. The molecule has 2 aliphatic heterocycles. The lowest BCUT2D eigenvalue weighted by Gasteiger charge is -2.21. The van der Waals surface area contributed by atoms with Crippen LogP contribution < -0.4 is 20.9 Å². The number of amides is 1. The zero-order valence-corrected chi connectivity index (χ0v) is 32.4. The molecule has 0 bridgehead atoms. The largest absolute Gasteiger partial charge is 0.507 e. The van der Waals surface area contributed by atoms with Crippen molar-refractivity contribution >= 4 is 39.5 Å². The molecule has 0 aliphatic carbocycles. The number of benzene rings is 4. The third-order valence-electron chi connectivity index (χ3n) is 10.4. The number of aromatic nitrogens is 5. The van der Waals surface area contributed by atoms with Crippen molar-refractivity contribution in [2.45, 2.75) is 45.4 Å². The van der Waals surface area contributed by atoms with E-state index in [1.807, 2.05) is 68.4 Å². The van der Waals surface area contributed by atoms with Crippen LogP contribution in [0.15, 0.2) is 109 Å². The number of carbonyl (C=O) groups is 1. The van der Waals surface area contributed by atoms with Crippen LogP contribution in [-0.4, -0.2) is 79.5 Å². The van der Waals surface area contributed by atoms with Crippen molar-refractivity contribution in [3.63, 3.8) is 0 Å². The summed E-state index contributed by atoms with van der Waals surface area (Å²) in [6.45, 7) is 7.28. The van der Waals surface area contributed by atoms with Gasteiger partial charge in [0.05, 0.1) is 28.2 Å². The summed E-state index contributed by atoms with van der Waals surface area (Å²) in [4.78, 5) is 39.7. The Balaban J connectivity index is 0.000000172. The van der Waals surface area contributed by atoms with Gasteiger partial charge in [0.2, 0.25) is 0 Å². The van der Waals surface area contributed by atoms with Crippen LogP contribution in [-0.2, 0) is 11.3 Å². The van der Waals surface area contributed by atoms with Gasteiger partial charge in [-0.1, -0.05) is 36.4 Å². The van der Waals surface area contributed by atoms with E-state index in [0.717, 1.165) is 82.6 Å². The second-order valence-corrected chi connectivity index (χ2v) is 14.8. The van der Waals surface area contributed by atoms with Gasteiger partial charge in [0, 0.05) is 55.4 Å². The van der Waals surface area contributed by atoms with Gasteiger partial charge in [-0.3, -0.25) is 4.98 Å². The monoisotopic (exact) mass is 775 g/mol. The fourth-order valence-electron chi connectivity index (χ4n) is 7.38. The summed E-state index contributed by atoms with van der Waals surface area (Å²) < 4.78 is 5.35. The number of para-hydroxylation sites is 2. The smallest absolute Gasteiger partial charge is 0.407 e. The number of aromatic hydroxyl groups is 2. The highest BCUT2D eigenvalue weighted by Crippen LogP contribution is 2.35. The van der Waals surface area contributed by atoms with Crippen molar-refractivity contribution in [2.24, 2.45) is 5.73 Å². The van der Waals surface area contributed by atoms with E-state index in [2.05, 4.69) is 43.3 Å². The van der Waals surface area contributed by atoms with Gasteiger partial charge in [-0.2, -0.15) is 0 Å². The predicted molar refractivity (Wildman–Crippen MR) is 226 cm³/mol. The first-order valence-corrected chi connectivity index (χ1v) is 19.4. The molecule has 2 aliphatic rings. The molecule has 5 heterocycles. The number of phenolic OH excluding ortho intramolecular Hbond substituents is 2. The maximum absolute atomic E-state index is 12.3. The van der Waals surface area contributed by atoms with Crippen molar-refractivity contribution in [3.05, 3.63) is 126 Å². The average molecular weight is 776 g/mol. The number of nitrogens with one attached hydrogen (secondary N) is 1. The number of nitrogens with zero attached hydrogens (tertiary/aromatic N) is 7. The maximum Gasteiger partial charge on any atom is 0.407 e. The molecule has 3 aromatic heterocycles. The number of alkyl carbamates (subject to hydrolysis) is 1. The number of pyridine rings is 1. The Morgan fingerprint density at radius 2 is 1.26 bits per heavy atom. The van der Waals surface area contributed by atoms with E-state index in [1.165, 1.54) is 0 Å². The summed E-state index contributed by atoms with van der Waals surface area (Å²) in [7, 11) is 0. The summed E-state index contributed by atoms with van der Waals surface area (Å²) in [5.74, 6) is 3.02. The number of carbonyl (C=O) groups excluding carboxylic acids is 1. The SMILES string of the molecule is Cc1ccc2c(N3CC[C@@H](N)C3)nc(-c3ccccc3O)nc2c1.Cc1ccc2c(N3CC[C@@H](NC(=O)OCc4ccncc4)C3)nc(-c3ccccc3O)nc2c1. The molecule has 0 unspecified atom stereocenters. The van der Waals surface area contributed by atoms with Gasteiger partial charge < -0.3 is 35.8 Å². The number of rotatable bonds is 7. The minimum absolute atomic E-state index is 0.0611. The maximum atomic E-state index is 12.3. The van der Waals surface area contributed by atoms with E-state index in [1.54, 1.807) is 36.7 Å².